The van der Waals surface area contributed by atoms with Gasteiger partial charge in [-0.05, 0) is 31.2 Å². The Morgan fingerprint density at radius 2 is 2.00 bits per heavy atom. The fourth-order valence-electron chi connectivity index (χ4n) is 3.01. The summed E-state index contributed by atoms with van der Waals surface area (Å²) in [6, 6.07) is 12.1. The molecule has 7 heteroatoms. The Balaban J connectivity index is 1.57. The van der Waals surface area contributed by atoms with Crippen LogP contribution in [-0.2, 0) is 9.53 Å². The van der Waals surface area contributed by atoms with Crippen LogP contribution in [0.15, 0.2) is 42.5 Å². The van der Waals surface area contributed by atoms with E-state index in [2.05, 4.69) is 5.32 Å². The third kappa shape index (κ3) is 4.54. The molecule has 0 saturated heterocycles. The van der Waals surface area contributed by atoms with Gasteiger partial charge in [0.15, 0.2) is 18.1 Å². The Bertz CT molecular complexity index is 851. The highest BCUT2D eigenvalue weighted by Gasteiger charge is 2.23. The van der Waals surface area contributed by atoms with Crippen LogP contribution in [0.1, 0.15) is 35.3 Å². The van der Waals surface area contributed by atoms with Gasteiger partial charge in [0.25, 0.3) is 5.91 Å². The van der Waals surface area contributed by atoms with Crippen LogP contribution < -0.4 is 19.5 Å². The Hall–Kier alpha value is -3.22. The van der Waals surface area contributed by atoms with Crippen molar-refractivity contribution in [3.63, 3.8) is 0 Å². The number of hydrogen-bond acceptors (Lipinski definition) is 6. The van der Waals surface area contributed by atoms with Crippen LogP contribution in [0, 0.1) is 0 Å². The quantitative estimate of drug-likeness (QED) is 0.738. The van der Waals surface area contributed by atoms with Gasteiger partial charge in [0.2, 0.25) is 0 Å². The second-order valence-electron chi connectivity index (χ2n) is 6.17. The van der Waals surface area contributed by atoms with E-state index in [1.54, 1.807) is 12.1 Å². The Morgan fingerprint density at radius 3 is 2.79 bits per heavy atom. The van der Waals surface area contributed by atoms with E-state index in [-0.39, 0.29) is 24.1 Å². The number of nitrogens with one attached hydrogen (secondary N) is 1. The molecule has 1 aliphatic rings. The van der Waals surface area contributed by atoms with E-state index < -0.39 is 5.97 Å². The highest BCUT2D eigenvalue weighted by molar-refractivity contribution is 5.92. The molecule has 0 aromatic heterocycles. The molecule has 28 heavy (non-hydrogen) atoms. The average molecular weight is 385 g/mol. The van der Waals surface area contributed by atoms with Crippen molar-refractivity contribution < 1.29 is 28.5 Å². The molecule has 148 valence electrons. The van der Waals surface area contributed by atoms with Crippen LogP contribution >= 0.6 is 0 Å². The summed E-state index contributed by atoms with van der Waals surface area (Å²) in [5.41, 5.74) is 1.20. The summed E-state index contributed by atoms with van der Waals surface area (Å²) in [5.74, 6) is 0.756. The first-order valence-corrected chi connectivity index (χ1v) is 9.11. The minimum absolute atomic E-state index is 0.165. The summed E-state index contributed by atoms with van der Waals surface area (Å²) in [4.78, 5) is 24.5. The number of fused-ring (bicyclic) bond motifs is 1. The monoisotopic (exact) mass is 385 g/mol. The summed E-state index contributed by atoms with van der Waals surface area (Å²) in [7, 11) is 1.49. The molecule has 0 bridgehead atoms. The van der Waals surface area contributed by atoms with Crippen molar-refractivity contribution in [2.75, 3.05) is 26.9 Å². The minimum atomic E-state index is -0.608. The molecule has 0 radical (unpaired) electrons. The van der Waals surface area contributed by atoms with Gasteiger partial charge < -0.3 is 24.3 Å². The topological polar surface area (TPSA) is 83.1 Å². The number of carbonyl (C=O) groups is 2. The zero-order valence-electron chi connectivity index (χ0n) is 15.9. The fraction of sp³-hybridized carbons (Fsp3) is 0.333. The van der Waals surface area contributed by atoms with E-state index in [1.165, 1.54) is 13.2 Å². The van der Waals surface area contributed by atoms with Crippen LogP contribution in [0.2, 0.25) is 0 Å². The average Bonchev–Trinajstić information content (AvgIpc) is 2.73. The van der Waals surface area contributed by atoms with E-state index >= 15 is 0 Å². The SMILES string of the molecule is CCOc1ccc(C(=O)OCC(=O)N[C@@H]2CCOc3ccccc32)cc1OC. The number of para-hydroxylation sites is 1. The van der Waals surface area contributed by atoms with Crippen molar-refractivity contribution in [1.82, 2.24) is 5.32 Å². The van der Waals surface area contributed by atoms with Crippen LogP contribution in [0.4, 0.5) is 0 Å². The van der Waals surface area contributed by atoms with Gasteiger partial charge in [0.1, 0.15) is 5.75 Å². The van der Waals surface area contributed by atoms with Crippen molar-refractivity contribution in [2.45, 2.75) is 19.4 Å². The van der Waals surface area contributed by atoms with E-state index in [4.69, 9.17) is 18.9 Å². The molecule has 0 aliphatic carbocycles. The zero-order valence-corrected chi connectivity index (χ0v) is 15.9. The van der Waals surface area contributed by atoms with Crippen molar-refractivity contribution in [1.29, 1.82) is 0 Å². The first-order valence-electron chi connectivity index (χ1n) is 9.11. The van der Waals surface area contributed by atoms with Gasteiger partial charge in [-0.25, -0.2) is 4.79 Å². The molecule has 1 atom stereocenters. The number of ether oxygens (including phenoxy) is 4. The predicted molar refractivity (Wildman–Crippen MR) is 102 cm³/mol. The van der Waals surface area contributed by atoms with Gasteiger partial charge in [-0.2, -0.15) is 0 Å². The van der Waals surface area contributed by atoms with Crippen LogP contribution in [-0.4, -0.2) is 38.8 Å². The highest BCUT2D eigenvalue weighted by atomic mass is 16.5. The maximum Gasteiger partial charge on any atom is 0.338 e. The van der Waals surface area contributed by atoms with Gasteiger partial charge in [0, 0.05) is 12.0 Å². The molecule has 3 rings (SSSR count). The number of carbonyl (C=O) groups excluding carboxylic acids is 2. The zero-order chi connectivity index (χ0) is 19.9. The second-order valence-corrected chi connectivity index (χ2v) is 6.17. The van der Waals surface area contributed by atoms with Crippen LogP contribution in [0.5, 0.6) is 17.2 Å². The van der Waals surface area contributed by atoms with Crippen molar-refractivity contribution in [3.05, 3.63) is 53.6 Å². The van der Waals surface area contributed by atoms with Gasteiger partial charge in [0.05, 0.1) is 31.9 Å². The number of amides is 1. The van der Waals surface area contributed by atoms with E-state index in [0.29, 0.717) is 31.1 Å². The summed E-state index contributed by atoms with van der Waals surface area (Å²) >= 11 is 0. The van der Waals surface area contributed by atoms with Crippen LogP contribution in [0.25, 0.3) is 0 Å². The number of hydrogen-bond donors (Lipinski definition) is 1. The molecular weight excluding hydrogens is 362 g/mol. The van der Waals surface area contributed by atoms with Crippen molar-refractivity contribution >= 4 is 11.9 Å². The summed E-state index contributed by atoms with van der Waals surface area (Å²) in [6.45, 7) is 2.49. The van der Waals surface area contributed by atoms with Gasteiger partial charge in [-0.15, -0.1) is 0 Å². The first-order chi connectivity index (χ1) is 13.6. The lowest BCUT2D eigenvalue weighted by molar-refractivity contribution is -0.125. The molecule has 0 spiro atoms. The van der Waals surface area contributed by atoms with Gasteiger partial charge >= 0.3 is 5.97 Å². The largest absolute Gasteiger partial charge is 0.493 e. The summed E-state index contributed by atoms with van der Waals surface area (Å²) in [6.07, 6.45) is 0.660. The number of rotatable bonds is 7. The Kier molecular flexibility index (Phi) is 6.37. The molecule has 1 heterocycles. The lowest BCUT2D eigenvalue weighted by Crippen LogP contribution is -2.35. The Morgan fingerprint density at radius 1 is 1.18 bits per heavy atom. The Labute approximate surface area is 163 Å². The molecule has 0 unspecified atom stereocenters. The molecule has 1 amide bonds. The molecule has 0 fully saturated rings. The maximum absolute atomic E-state index is 12.3. The summed E-state index contributed by atoms with van der Waals surface area (Å²) < 4.78 is 21.4. The number of methoxy groups -OCH3 is 1. The highest BCUT2D eigenvalue weighted by Crippen LogP contribution is 2.31. The molecule has 7 nitrogen and oxygen atoms in total. The predicted octanol–water partition coefficient (Wildman–Crippen LogP) is 2.89. The second kappa shape index (κ2) is 9.12. The smallest absolute Gasteiger partial charge is 0.338 e. The third-order valence-corrected chi connectivity index (χ3v) is 4.33. The lowest BCUT2D eigenvalue weighted by Gasteiger charge is -2.26. The molecule has 1 N–H and O–H groups in total. The van der Waals surface area contributed by atoms with E-state index in [0.717, 1.165) is 11.3 Å². The van der Waals surface area contributed by atoms with Crippen molar-refractivity contribution in [2.24, 2.45) is 0 Å². The lowest BCUT2D eigenvalue weighted by atomic mass is 10.0. The molecule has 0 saturated carbocycles. The molecule has 2 aromatic carbocycles. The third-order valence-electron chi connectivity index (χ3n) is 4.33. The minimum Gasteiger partial charge on any atom is -0.493 e. The first kappa shape index (κ1) is 19.5. The van der Waals surface area contributed by atoms with Crippen LogP contribution in [0.3, 0.4) is 0 Å². The summed E-state index contributed by atoms with van der Waals surface area (Å²) in [5, 5.41) is 2.89. The molecule has 1 aliphatic heterocycles. The van der Waals surface area contributed by atoms with Crippen molar-refractivity contribution in [3.8, 4) is 17.2 Å². The van der Waals surface area contributed by atoms with E-state index in [9.17, 15) is 9.59 Å². The number of esters is 1. The standard InChI is InChI=1S/C21H23NO6/c1-3-26-18-9-8-14(12-19(18)25-2)21(24)28-13-20(23)22-16-10-11-27-17-7-5-4-6-15(16)17/h4-9,12,16H,3,10-11,13H2,1-2H3,(H,22,23)/t16-/m1/s1. The van der Waals surface area contributed by atoms with Gasteiger partial charge in [-0.3, -0.25) is 4.79 Å². The fourth-order valence-corrected chi connectivity index (χ4v) is 3.01. The molecule has 2 aromatic rings. The van der Waals surface area contributed by atoms with Gasteiger partial charge in [-0.1, -0.05) is 18.2 Å². The van der Waals surface area contributed by atoms with E-state index in [1.807, 2.05) is 31.2 Å². The molecular formula is C21H23NO6. The maximum atomic E-state index is 12.3. The number of benzene rings is 2. The normalized spacial score (nSPS) is 15.0.